The highest BCUT2D eigenvalue weighted by Crippen LogP contribution is 2.30. The molecule has 0 unspecified atom stereocenters. The van der Waals surface area contributed by atoms with E-state index in [0.29, 0.717) is 0 Å². The summed E-state index contributed by atoms with van der Waals surface area (Å²) < 4.78 is 0. The van der Waals surface area contributed by atoms with Crippen LogP contribution >= 0.6 is 23.4 Å². The molecule has 0 fully saturated rings. The zero-order chi connectivity index (χ0) is 11.5. The average molecular weight is 251 g/mol. The van der Waals surface area contributed by atoms with Crippen molar-refractivity contribution in [2.24, 2.45) is 0 Å². The number of rotatable bonds is 2. The van der Waals surface area contributed by atoms with Crippen LogP contribution in [0.1, 0.15) is 5.56 Å². The molecule has 16 heavy (non-hydrogen) atoms. The number of phenolic OH excluding ortho intramolecular Hbond substituents is 1. The number of halogens is 1. The fraction of sp³-hybridized carbons (Fsp3) is 0.0769. The van der Waals surface area contributed by atoms with Gasteiger partial charge < -0.3 is 5.11 Å². The van der Waals surface area contributed by atoms with Crippen molar-refractivity contribution in [1.29, 1.82) is 0 Å². The Labute approximate surface area is 104 Å². The molecule has 0 saturated heterocycles. The molecule has 0 amide bonds. The monoisotopic (exact) mass is 250 g/mol. The smallest absolute Gasteiger partial charge is 0.115 e. The third-order valence-corrected chi connectivity index (χ3v) is 3.62. The number of aryl methyl sites for hydroxylation is 1. The van der Waals surface area contributed by atoms with Gasteiger partial charge in [-0.2, -0.15) is 0 Å². The standard InChI is InChI=1S/C13H11ClOS/c1-9-8-12(6-7-13(9)14)16-11-4-2-10(15)3-5-11/h2-8,15H,1H3. The molecule has 0 bridgehead atoms. The number of hydrogen-bond donors (Lipinski definition) is 1. The Morgan fingerprint density at radius 1 is 1.00 bits per heavy atom. The number of hydrogen-bond acceptors (Lipinski definition) is 2. The maximum Gasteiger partial charge on any atom is 0.115 e. The first-order valence-electron chi connectivity index (χ1n) is 4.88. The van der Waals surface area contributed by atoms with E-state index in [0.717, 1.165) is 20.4 Å². The molecule has 0 saturated carbocycles. The summed E-state index contributed by atoms with van der Waals surface area (Å²) in [6.45, 7) is 1.99. The highest BCUT2D eigenvalue weighted by Gasteiger charge is 2.00. The lowest BCUT2D eigenvalue weighted by Gasteiger charge is -2.04. The van der Waals surface area contributed by atoms with Crippen LogP contribution in [-0.2, 0) is 0 Å². The van der Waals surface area contributed by atoms with Crippen LogP contribution in [0.25, 0.3) is 0 Å². The molecule has 3 heteroatoms. The van der Waals surface area contributed by atoms with Crippen molar-refractivity contribution >= 4 is 23.4 Å². The van der Waals surface area contributed by atoms with E-state index in [2.05, 4.69) is 6.07 Å². The molecule has 1 N–H and O–H groups in total. The normalized spacial score (nSPS) is 10.4. The predicted molar refractivity (Wildman–Crippen MR) is 68.4 cm³/mol. The Bertz CT molecular complexity index is 494. The minimum Gasteiger partial charge on any atom is -0.508 e. The quantitative estimate of drug-likeness (QED) is 0.847. The van der Waals surface area contributed by atoms with E-state index >= 15 is 0 Å². The molecule has 0 aliphatic carbocycles. The van der Waals surface area contributed by atoms with E-state index in [-0.39, 0.29) is 5.75 Å². The van der Waals surface area contributed by atoms with Crippen LogP contribution in [0.4, 0.5) is 0 Å². The minimum absolute atomic E-state index is 0.289. The lowest BCUT2D eigenvalue weighted by Crippen LogP contribution is -1.77. The van der Waals surface area contributed by atoms with Crippen molar-refractivity contribution in [3.05, 3.63) is 53.1 Å². The van der Waals surface area contributed by atoms with Crippen LogP contribution in [0.15, 0.2) is 52.3 Å². The third-order valence-electron chi connectivity index (χ3n) is 2.20. The van der Waals surface area contributed by atoms with Gasteiger partial charge in [-0.3, -0.25) is 0 Å². The van der Waals surface area contributed by atoms with Crippen molar-refractivity contribution in [1.82, 2.24) is 0 Å². The van der Waals surface area contributed by atoms with Gasteiger partial charge >= 0.3 is 0 Å². The van der Waals surface area contributed by atoms with Gasteiger partial charge in [0.1, 0.15) is 5.75 Å². The third kappa shape index (κ3) is 2.71. The maximum absolute atomic E-state index is 9.18. The second-order valence-corrected chi connectivity index (χ2v) is 5.06. The van der Waals surface area contributed by atoms with Crippen molar-refractivity contribution < 1.29 is 5.11 Å². The van der Waals surface area contributed by atoms with Gasteiger partial charge in [0.15, 0.2) is 0 Å². The molecule has 0 aliphatic rings. The molecule has 0 aliphatic heterocycles. The van der Waals surface area contributed by atoms with E-state index in [9.17, 15) is 5.11 Å². The Kier molecular flexibility index (Phi) is 3.42. The Hall–Kier alpha value is -1.12. The van der Waals surface area contributed by atoms with Gasteiger partial charge in [0.05, 0.1) is 0 Å². The second-order valence-electron chi connectivity index (χ2n) is 3.51. The second kappa shape index (κ2) is 4.81. The highest BCUT2D eigenvalue weighted by atomic mass is 35.5. The molecule has 2 aromatic carbocycles. The Morgan fingerprint density at radius 3 is 2.25 bits per heavy atom. The van der Waals surface area contributed by atoms with Crippen LogP contribution in [0.5, 0.6) is 5.75 Å². The summed E-state index contributed by atoms with van der Waals surface area (Å²) >= 11 is 7.61. The summed E-state index contributed by atoms with van der Waals surface area (Å²) in [7, 11) is 0. The molecular weight excluding hydrogens is 240 g/mol. The first kappa shape index (κ1) is 11.4. The molecular formula is C13H11ClOS. The van der Waals surface area contributed by atoms with Crippen LogP contribution in [0.3, 0.4) is 0 Å². The molecule has 0 spiro atoms. The van der Waals surface area contributed by atoms with Gasteiger partial charge in [-0.15, -0.1) is 0 Å². The summed E-state index contributed by atoms with van der Waals surface area (Å²) in [5.74, 6) is 0.289. The zero-order valence-electron chi connectivity index (χ0n) is 8.77. The summed E-state index contributed by atoms with van der Waals surface area (Å²) in [5.41, 5.74) is 1.07. The molecule has 2 rings (SSSR count). The van der Waals surface area contributed by atoms with Crippen LogP contribution in [0.2, 0.25) is 5.02 Å². The summed E-state index contributed by atoms with van der Waals surface area (Å²) in [6, 6.07) is 13.1. The van der Waals surface area contributed by atoms with Crippen molar-refractivity contribution in [3.8, 4) is 5.75 Å². The summed E-state index contributed by atoms with van der Waals surface area (Å²) in [4.78, 5) is 2.24. The summed E-state index contributed by atoms with van der Waals surface area (Å²) in [5, 5.41) is 9.96. The molecule has 0 heterocycles. The number of benzene rings is 2. The van der Waals surface area contributed by atoms with E-state index in [1.165, 1.54) is 0 Å². The largest absolute Gasteiger partial charge is 0.508 e. The van der Waals surface area contributed by atoms with Gasteiger partial charge in [0.25, 0.3) is 0 Å². The highest BCUT2D eigenvalue weighted by molar-refractivity contribution is 7.99. The molecule has 0 radical (unpaired) electrons. The van der Waals surface area contributed by atoms with Crippen molar-refractivity contribution in [3.63, 3.8) is 0 Å². The predicted octanol–water partition coefficient (Wildman–Crippen LogP) is 4.51. The molecule has 2 aromatic rings. The Balaban J connectivity index is 2.20. The molecule has 0 atom stereocenters. The lowest BCUT2D eigenvalue weighted by molar-refractivity contribution is 0.475. The first-order valence-corrected chi connectivity index (χ1v) is 6.07. The van der Waals surface area contributed by atoms with Gasteiger partial charge in [0.2, 0.25) is 0 Å². The van der Waals surface area contributed by atoms with Crippen LogP contribution < -0.4 is 0 Å². The van der Waals surface area contributed by atoms with E-state index in [4.69, 9.17) is 11.6 Å². The van der Waals surface area contributed by atoms with E-state index in [1.807, 2.05) is 31.2 Å². The van der Waals surface area contributed by atoms with Gasteiger partial charge in [-0.1, -0.05) is 23.4 Å². The fourth-order valence-corrected chi connectivity index (χ4v) is 2.36. The van der Waals surface area contributed by atoms with Crippen LogP contribution in [0, 0.1) is 6.92 Å². The molecule has 0 aromatic heterocycles. The van der Waals surface area contributed by atoms with Crippen LogP contribution in [-0.4, -0.2) is 5.11 Å². The summed E-state index contributed by atoms with van der Waals surface area (Å²) in [6.07, 6.45) is 0. The average Bonchev–Trinajstić information content (AvgIpc) is 2.27. The SMILES string of the molecule is Cc1cc(Sc2ccc(O)cc2)ccc1Cl. The molecule has 82 valence electrons. The topological polar surface area (TPSA) is 20.2 Å². The number of phenols is 1. The zero-order valence-corrected chi connectivity index (χ0v) is 10.3. The maximum atomic E-state index is 9.18. The molecule has 1 nitrogen and oxygen atoms in total. The Morgan fingerprint density at radius 2 is 1.62 bits per heavy atom. The number of aromatic hydroxyl groups is 1. The minimum atomic E-state index is 0.289. The van der Waals surface area contributed by atoms with E-state index in [1.54, 1.807) is 23.9 Å². The van der Waals surface area contributed by atoms with E-state index < -0.39 is 0 Å². The van der Waals surface area contributed by atoms with Gasteiger partial charge in [-0.25, -0.2) is 0 Å². The van der Waals surface area contributed by atoms with Crippen molar-refractivity contribution in [2.75, 3.05) is 0 Å². The fourth-order valence-electron chi connectivity index (χ4n) is 1.33. The van der Waals surface area contributed by atoms with Gasteiger partial charge in [-0.05, 0) is 55.0 Å². The van der Waals surface area contributed by atoms with Gasteiger partial charge in [0, 0.05) is 14.8 Å². The first-order chi connectivity index (χ1) is 7.65. The lowest BCUT2D eigenvalue weighted by atomic mass is 10.2. The van der Waals surface area contributed by atoms with Crippen molar-refractivity contribution in [2.45, 2.75) is 16.7 Å².